The molecular weight excluding hydrogens is 749 g/mol. The van der Waals surface area contributed by atoms with Crippen LogP contribution < -0.4 is 11.5 Å². The first-order valence-corrected chi connectivity index (χ1v) is 26.5. The lowest BCUT2D eigenvalue weighted by atomic mass is 9.86. The second-order valence-corrected chi connectivity index (χ2v) is 19.2. The van der Waals surface area contributed by atoms with Crippen LogP contribution in [0.3, 0.4) is 0 Å². The second kappa shape index (κ2) is 33.1. The highest BCUT2D eigenvalue weighted by Gasteiger charge is 2.16. The van der Waals surface area contributed by atoms with Crippen molar-refractivity contribution in [2.24, 2.45) is 0 Å². The molecule has 0 fully saturated rings. The summed E-state index contributed by atoms with van der Waals surface area (Å²) >= 11 is 0. The van der Waals surface area contributed by atoms with E-state index in [1.54, 1.807) is 0 Å². The molecule has 2 atom stereocenters. The summed E-state index contributed by atoms with van der Waals surface area (Å²) in [5.74, 6) is 0.938. The van der Waals surface area contributed by atoms with Crippen molar-refractivity contribution < 1.29 is 0 Å². The Hall–Kier alpha value is -3.52. The summed E-state index contributed by atoms with van der Waals surface area (Å²) in [5, 5.41) is 0. The van der Waals surface area contributed by atoms with Gasteiger partial charge in [-0.05, 0) is 96.2 Å². The van der Waals surface area contributed by atoms with Gasteiger partial charge in [-0.2, -0.15) is 0 Å². The van der Waals surface area contributed by atoms with E-state index >= 15 is 0 Å². The molecule has 0 aliphatic rings. The molecule has 0 bridgehead atoms. The molecule has 0 heterocycles. The van der Waals surface area contributed by atoms with Crippen LogP contribution in [0, 0.1) is 0 Å². The lowest BCUT2D eigenvalue weighted by molar-refractivity contribution is 0.533. The van der Waals surface area contributed by atoms with E-state index in [-0.39, 0.29) is 0 Å². The number of hydrogen-bond donors (Lipinski definition) is 2. The minimum Gasteiger partial charge on any atom is -0.399 e. The van der Waals surface area contributed by atoms with Crippen molar-refractivity contribution >= 4 is 11.4 Å². The van der Waals surface area contributed by atoms with Crippen LogP contribution in [0.1, 0.15) is 252 Å². The second-order valence-electron chi connectivity index (χ2n) is 19.2. The Labute approximate surface area is 382 Å². The normalized spacial score (nSPS) is 12.5. The summed E-state index contributed by atoms with van der Waals surface area (Å²) in [6.45, 7) is 4.60. The number of rotatable bonds is 37. The van der Waals surface area contributed by atoms with E-state index in [4.69, 9.17) is 11.5 Å². The molecule has 2 unspecified atom stereocenters. The van der Waals surface area contributed by atoms with E-state index in [1.807, 2.05) is 0 Å². The maximum absolute atomic E-state index is 6.04. The monoisotopic (exact) mass is 841 g/mol. The SMILES string of the molecule is CCCCCCCCCC(c1ccc(N)cc1)c1ccc(CCCCCCCCCCCCCCCCc2ccc(C(CCCCCCCCC)c3ccc(N)cc3)cc2)cc1. The number of nitrogens with two attached hydrogens (primary N) is 2. The van der Waals surface area contributed by atoms with Gasteiger partial charge in [0, 0.05) is 23.2 Å². The van der Waals surface area contributed by atoms with Crippen LogP contribution >= 0.6 is 0 Å². The van der Waals surface area contributed by atoms with Gasteiger partial charge in [-0.25, -0.2) is 0 Å². The van der Waals surface area contributed by atoms with Crippen molar-refractivity contribution in [3.05, 3.63) is 130 Å². The Balaban J connectivity index is 0.988. The Morgan fingerprint density at radius 3 is 0.774 bits per heavy atom. The Bertz CT molecular complexity index is 1500. The molecule has 0 aliphatic carbocycles. The van der Waals surface area contributed by atoms with Crippen molar-refractivity contribution in [1.82, 2.24) is 0 Å². The third kappa shape index (κ3) is 21.7. The van der Waals surface area contributed by atoms with Gasteiger partial charge in [-0.3, -0.25) is 0 Å². The molecule has 0 saturated heterocycles. The van der Waals surface area contributed by atoms with Gasteiger partial charge in [-0.15, -0.1) is 0 Å². The summed E-state index contributed by atoms with van der Waals surface area (Å²) < 4.78 is 0. The Morgan fingerprint density at radius 1 is 0.274 bits per heavy atom. The molecule has 4 rings (SSSR count). The quantitative estimate of drug-likeness (QED) is 0.0351. The molecule has 0 aliphatic heterocycles. The number of aryl methyl sites for hydroxylation is 2. The molecule has 4 aromatic rings. The smallest absolute Gasteiger partial charge is 0.0314 e. The van der Waals surface area contributed by atoms with Gasteiger partial charge < -0.3 is 11.5 Å². The zero-order valence-electron chi connectivity index (χ0n) is 40.2. The summed E-state index contributed by atoms with van der Waals surface area (Å²) in [6.07, 6.45) is 43.4. The summed E-state index contributed by atoms with van der Waals surface area (Å²) in [4.78, 5) is 0. The molecule has 0 spiro atoms. The summed E-state index contributed by atoms with van der Waals surface area (Å²) in [7, 11) is 0. The van der Waals surface area contributed by atoms with Crippen LogP contribution in [0.5, 0.6) is 0 Å². The van der Waals surface area contributed by atoms with Gasteiger partial charge >= 0.3 is 0 Å². The molecular formula is C60H92N2. The average Bonchev–Trinajstić information content (AvgIpc) is 3.29. The fourth-order valence-electron chi connectivity index (χ4n) is 9.73. The largest absolute Gasteiger partial charge is 0.399 e. The highest BCUT2D eigenvalue weighted by molar-refractivity contribution is 5.44. The maximum Gasteiger partial charge on any atom is 0.0314 e. The van der Waals surface area contributed by atoms with E-state index in [0.29, 0.717) is 11.8 Å². The van der Waals surface area contributed by atoms with Crippen molar-refractivity contribution in [2.75, 3.05) is 11.5 Å². The fourth-order valence-corrected chi connectivity index (χ4v) is 9.73. The van der Waals surface area contributed by atoms with Crippen molar-refractivity contribution in [1.29, 1.82) is 0 Å². The van der Waals surface area contributed by atoms with Crippen LogP contribution in [0.15, 0.2) is 97.1 Å². The van der Waals surface area contributed by atoms with E-state index in [1.165, 1.54) is 239 Å². The topological polar surface area (TPSA) is 52.0 Å². The molecule has 0 aromatic heterocycles. The predicted octanol–water partition coefficient (Wildman–Crippen LogP) is 18.6. The number of benzene rings is 4. The zero-order valence-corrected chi connectivity index (χ0v) is 40.2. The lowest BCUT2D eigenvalue weighted by Crippen LogP contribution is -2.02. The number of hydrogen-bond acceptors (Lipinski definition) is 2. The first-order chi connectivity index (χ1) is 30.6. The van der Waals surface area contributed by atoms with E-state index < -0.39 is 0 Å². The van der Waals surface area contributed by atoms with E-state index in [2.05, 4.69) is 111 Å². The van der Waals surface area contributed by atoms with Gasteiger partial charge in [-0.1, -0.05) is 254 Å². The van der Waals surface area contributed by atoms with Crippen LogP contribution in [-0.4, -0.2) is 0 Å². The lowest BCUT2D eigenvalue weighted by Gasteiger charge is -2.19. The predicted molar refractivity (Wildman–Crippen MR) is 276 cm³/mol. The third-order valence-corrected chi connectivity index (χ3v) is 13.8. The maximum atomic E-state index is 6.04. The van der Waals surface area contributed by atoms with Gasteiger partial charge in [0.25, 0.3) is 0 Å². The Morgan fingerprint density at radius 2 is 0.500 bits per heavy atom. The number of anilines is 2. The van der Waals surface area contributed by atoms with Gasteiger partial charge in [0.2, 0.25) is 0 Å². The molecule has 62 heavy (non-hydrogen) atoms. The molecule has 0 saturated carbocycles. The average molecular weight is 841 g/mol. The molecule has 4 aromatic carbocycles. The highest BCUT2D eigenvalue weighted by atomic mass is 14.5. The molecule has 0 amide bonds. The third-order valence-electron chi connectivity index (χ3n) is 13.8. The van der Waals surface area contributed by atoms with Gasteiger partial charge in [0.15, 0.2) is 0 Å². The molecule has 342 valence electrons. The fraction of sp³-hybridized carbons (Fsp3) is 0.600. The molecule has 4 N–H and O–H groups in total. The zero-order chi connectivity index (χ0) is 43.7. The van der Waals surface area contributed by atoms with Crippen molar-refractivity contribution in [2.45, 2.75) is 231 Å². The number of nitrogen functional groups attached to an aromatic ring is 2. The van der Waals surface area contributed by atoms with Crippen LogP contribution in [0.25, 0.3) is 0 Å². The van der Waals surface area contributed by atoms with Crippen molar-refractivity contribution in [3.63, 3.8) is 0 Å². The summed E-state index contributed by atoms with van der Waals surface area (Å²) in [5.41, 5.74) is 22.5. The van der Waals surface area contributed by atoms with Crippen molar-refractivity contribution in [3.8, 4) is 0 Å². The number of unbranched alkanes of at least 4 members (excludes halogenated alkanes) is 25. The van der Waals surface area contributed by atoms with Crippen LogP contribution in [-0.2, 0) is 12.8 Å². The van der Waals surface area contributed by atoms with E-state index in [0.717, 1.165) is 11.4 Å². The highest BCUT2D eigenvalue weighted by Crippen LogP contribution is 2.33. The van der Waals surface area contributed by atoms with Crippen LogP contribution in [0.4, 0.5) is 11.4 Å². The van der Waals surface area contributed by atoms with Crippen LogP contribution in [0.2, 0.25) is 0 Å². The van der Waals surface area contributed by atoms with E-state index in [9.17, 15) is 0 Å². The summed E-state index contributed by atoms with van der Waals surface area (Å²) in [6, 6.07) is 36.5. The van der Waals surface area contributed by atoms with Gasteiger partial charge in [0.05, 0.1) is 0 Å². The molecule has 2 heteroatoms. The first-order valence-electron chi connectivity index (χ1n) is 26.5. The Kier molecular flexibility index (Phi) is 27.3. The van der Waals surface area contributed by atoms with Gasteiger partial charge in [0.1, 0.15) is 0 Å². The first kappa shape index (κ1) is 51.1. The standard InChI is InChI=1S/C60H92N2/c1-3-5-7-9-19-25-29-33-59(55-43-47-57(61)48-44-55)53-39-35-51(36-40-53)31-27-23-21-17-15-13-11-12-14-16-18-22-24-28-32-52-37-41-54(42-38-52)60(56-45-49-58(62)50-46-56)34-30-26-20-10-8-6-4-2/h35-50,59-60H,3-34,61-62H2,1-2H3. The molecule has 0 radical (unpaired) electrons. The minimum absolute atomic E-state index is 0.469. The minimum atomic E-state index is 0.469. The molecule has 2 nitrogen and oxygen atoms in total.